The number of likely N-dealkylation sites (tertiary alicyclic amines) is 1. The highest BCUT2D eigenvalue weighted by Crippen LogP contribution is 2.27. The summed E-state index contributed by atoms with van der Waals surface area (Å²) < 4.78 is 27.0. The topological polar surface area (TPSA) is 23.6 Å². The maximum atomic E-state index is 13.5. The first-order chi connectivity index (χ1) is 15.0. The fourth-order valence-corrected chi connectivity index (χ4v) is 4.16. The Morgan fingerprint density at radius 2 is 1.61 bits per heavy atom. The van der Waals surface area contributed by atoms with Crippen LogP contribution in [0.4, 0.5) is 14.5 Å². The first-order valence-corrected chi connectivity index (χ1v) is 10.6. The third kappa shape index (κ3) is 5.17. The summed E-state index contributed by atoms with van der Waals surface area (Å²) in [5, 5.41) is 0. The van der Waals surface area contributed by atoms with E-state index in [1.807, 2.05) is 42.2 Å². The van der Waals surface area contributed by atoms with Crippen molar-refractivity contribution in [3.8, 4) is 0 Å². The molecule has 160 valence electrons. The zero-order chi connectivity index (χ0) is 21.8. The van der Waals surface area contributed by atoms with E-state index in [0.717, 1.165) is 37.1 Å². The average molecular weight is 421 g/mol. The van der Waals surface area contributed by atoms with Gasteiger partial charge in [0, 0.05) is 36.9 Å². The number of piperidine rings is 1. The van der Waals surface area contributed by atoms with Gasteiger partial charge in [-0.05, 0) is 73.9 Å². The van der Waals surface area contributed by atoms with Crippen molar-refractivity contribution in [3.05, 3.63) is 101 Å². The predicted molar refractivity (Wildman–Crippen MR) is 119 cm³/mol. The Labute approximate surface area is 181 Å². The number of anilines is 1. The summed E-state index contributed by atoms with van der Waals surface area (Å²) in [7, 11) is 0. The van der Waals surface area contributed by atoms with Crippen molar-refractivity contribution in [1.82, 2.24) is 4.90 Å². The highest BCUT2D eigenvalue weighted by molar-refractivity contribution is 6.06. The van der Waals surface area contributed by atoms with E-state index in [4.69, 9.17) is 0 Å². The highest BCUT2D eigenvalue weighted by Gasteiger charge is 2.30. The van der Waals surface area contributed by atoms with Gasteiger partial charge in [0.1, 0.15) is 11.6 Å². The van der Waals surface area contributed by atoms with Crippen molar-refractivity contribution < 1.29 is 13.6 Å². The van der Waals surface area contributed by atoms with Gasteiger partial charge in [0.25, 0.3) is 5.91 Å². The summed E-state index contributed by atoms with van der Waals surface area (Å²) in [4.78, 5) is 17.5. The Kier molecular flexibility index (Phi) is 6.42. The summed E-state index contributed by atoms with van der Waals surface area (Å²) in [6, 6.07) is 20.4. The summed E-state index contributed by atoms with van der Waals surface area (Å²) >= 11 is 0. The first kappa shape index (κ1) is 21.2. The lowest BCUT2D eigenvalue weighted by atomic mass is 10.00. The van der Waals surface area contributed by atoms with Crippen molar-refractivity contribution in [1.29, 1.82) is 0 Å². The number of aryl methyl sites for hydroxylation is 1. The maximum Gasteiger partial charge on any atom is 0.258 e. The van der Waals surface area contributed by atoms with Crippen LogP contribution in [0.25, 0.3) is 0 Å². The summed E-state index contributed by atoms with van der Waals surface area (Å²) in [6.45, 7) is 4.29. The summed E-state index contributed by atoms with van der Waals surface area (Å²) in [6.07, 6.45) is 1.59. The minimum atomic E-state index is -0.323. The number of hydrogen-bond donors (Lipinski definition) is 0. The summed E-state index contributed by atoms with van der Waals surface area (Å²) in [5.74, 6) is -0.620. The average Bonchev–Trinajstić information content (AvgIpc) is 2.77. The molecule has 1 aliphatic heterocycles. The number of benzene rings is 3. The molecule has 1 heterocycles. The molecule has 0 aromatic heterocycles. The molecule has 0 aliphatic carbocycles. The third-order valence-electron chi connectivity index (χ3n) is 5.84. The zero-order valence-corrected chi connectivity index (χ0v) is 17.6. The van der Waals surface area contributed by atoms with Crippen LogP contribution in [0.15, 0.2) is 72.8 Å². The molecule has 1 aliphatic rings. The molecule has 3 aromatic rings. The molecule has 3 nitrogen and oxygen atoms in total. The van der Waals surface area contributed by atoms with Crippen LogP contribution in [-0.2, 0) is 6.54 Å². The molecule has 31 heavy (non-hydrogen) atoms. The van der Waals surface area contributed by atoms with Crippen molar-refractivity contribution >= 4 is 11.6 Å². The molecule has 0 radical (unpaired) electrons. The van der Waals surface area contributed by atoms with Crippen LogP contribution in [-0.4, -0.2) is 29.9 Å². The fourth-order valence-electron chi connectivity index (χ4n) is 4.16. The van der Waals surface area contributed by atoms with Crippen molar-refractivity contribution in [3.63, 3.8) is 0 Å². The number of hydrogen-bond acceptors (Lipinski definition) is 2. The lowest BCUT2D eigenvalue weighted by molar-refractivity contribution is 0.0958. The normalized spacial score (nSPS) is 15.1. The number of nitrogens with zero attached hydrogens (tertiary/aromatic N) is 2. The second-order valence-electron chi connectivity index (χ2n) is 8.15. The van der Waals surface area contributed by atoms with Gasteiger partial charge in [-0.2, -0.15) is 0 Å². The van der Waals surface area contributed by atoms with Crippen molar-refractivity contribution in [2.24, 2.45) is 0 Å². The maximum absolute atomic E-state index is 13.5. The minimum Gasteiger partial charge on any atom is -0.305 e. The zero-order valence-electron chi connectivity index (χ0n) is 17.6. The molecular formula is C26H26F2N2O. The van der Waals surface area contributed by atoms with E-state index in [1.54, 1.807) is 24.3 Å². The molecule has 1 saturated heterocycles. The molecule has 0 unspecified atom stereocenters. The molecule has 0 atom stereocenters. The molecular weight excluding hydrogens is 394 g/mol. The van der Waals surface area contributed by atoms with Gasteiger partial charge < -0.3 is 4.90 Å². The van der Waals surface area contributed by atoms with Crippen LogP contribution in [0.2, 0.25) is 0 Å². The Balaban J connectivity index is 1.51. The van der Waals surface area contributed by atoms with Crippen LogP contribution in [0, 0.1) is 18.6 Å². The standard InChI is InChI=1S/C26H26F2N2O/c1-19-5-7-21(8-6-19)26(31)30(24-11-9-22(27)10-12-24)25-13-15-29(16-14-25)18-20-3-2-4-23(28)17-20/h2-12,17,25H,13-16,18H2,1H3. The van der Waals surface area contributed by atoms with Crippen molar-refractivity contribution in [2.45, 2.75) is 32.4 Å². The smallest absolute Gasteiger partial charge is 0.258 e. The second kappa shape index (κ2) is 9.40. The van der Waals surface area contributed by atoms with E-state index < -0.39 is 0 Å². The largest absolute Gasteiger partial charge is 0.305 e. The fraction of sp³-hybridized carbons (Fsp3) is 0.269. The molecule has 0 spiro atoms. The molecule has 4 rings (SSSR count). The lowest BCUT2D eigenvalue weighted by Crippen LogP contribution is -2.47. The van der Waals surface area contributed by atoms with Crippen LogP contribution in [0.5, 0.6) is 0 Å². The molecule has 0 bridgehead atoms. The van der Waals surface area contributed by atoms with Crippen LogP contribution in [0.3, 0.4) is 0 Å². The van der Waals surface area contributed by atoms with E-state index in [1.165, 1.54) is 18.2 Å². The van der Waals surface area contributed by atoms with Gasteiger partial charge in [-0.25, -0.2) is 8.78 Å². The molecule has 3 aromatic carbocycles. The van der Waals surface area contributed by atoms with E-state index in [0.29, 0.717) is 17.8 Å². The SMILES string of the molecule is Cc1ccc(C(=O)N(c2ccc(F)cc2)C2CCN(Cc3cccc(F)c3)CC2)cc1. The van der Waals surface area contributed by atoms with Gasteiger partial charge in [0.05, 0.1) is 0 Å². The molecule has 1 fully saturated rings. The quantitative estimate of drug-likeness (QED) is 0.538. The number of halogens is 2. The van der Waals surface area contributed by atoms with Gasteiger partial charge in [0.15, 0.2) is 0 Å². The van der Waals surface area contributed by atoms with Gasteiger partial charge >= 0.3 is 0 Å². The molecule has 0 saturated carbocycles. The molecule has 0 N–H and O–H groups in total. The van der Waals surface area contributed by atoms with E-state index in [9.17, 15) is 13.6 Å². The Hall–Kier alpha value is -3.05. The van der Waals surface area contributed by atoms with Crippen molar-refractivity contribution in [2.75, 3.05) is 18.0 Å². The van der Waals surface area contributed by atoms with Crippen LogP contribution < -0.4 is 4.90 Å². The minimum absolute atomic E-state index is 0.0167. The van der Waals surface area contributed by atoms with Gasteiger partial charge in [0.2, 0.25) is 0 Å². The van der Waals surface area contributed by atoms with Crippen LogP contribution >= 0.6 is 0 Å². The van der Waals surface area contributed by atoms with Gasteiger partial charge in [-0.15, -0.1) is 0 Å². The Morgan fingerprint density at radius 1 is 0.935 bits per heavy atom. The monoisotopic (exact) mass is 420 g/mol. The van der Waals surface area contributed by atoms with Gasteiger partial charge in [-0.1, -0.05) is 29.8 Å². The van der Waals surface area contributed by atoms with Gasteiger partial charge in [-0.3, -0.25) is 9.69 Å². The Morgan fingerprint density at radius 3 is 2.26 bits per heavy atom. The lowest BCUT2D eigenvalue weighted by Gasteiger charge is -2.38. The van der Waals surface area contributed by atoms with E-state index in [-0.39, 0.29) is 23.6 Å². The van der Waals surface area contributed by atoms with E-state index in [2.05, 4.69) is 4.90 Å². The van der Waals surface area contributed by atoms with E-state index >= 15 is 0 Å². The first-order valence-electron chi connectivity index (χ1n) is 10.6. The predicted octanol–water partition coefficient (Wildman–Crippen LogP) is 5.58. The second-order valence-corrected chi connectivity index (χ2v) is 8.15. The Bertz CT molecular complexity index is 1030. The molecule has 1 amide bonds. The molecule has 5 heteroatoms. The number of amides is 1. The number of carbonyl (C=O) groups is 1. The number of rotatable bonds is 5. The highest BCUT2D eigenvalue weighted by atomic mass is 19.1. The number of carbonyl (C=O) groups excluding carboxylic acids is 1. The third-order valence-corrected chi connectivity index (χ3v) is 5.84. The van der Waals surface area contributed by atoms with Crippen LogP contribution in [0.1, 0.15) is 34.3 Å². The summed E-state index contributed by atoms with van der Waals surface area (Å²) in [5.41, 5.74) is 3.37.